The lowest BCUT2D eigenvalue weighted by Crippen LogP contribution is -2.16. The highest BCUT2D eigenvalue weighted by atomic mass is 19.2. The quantitative estimate of drug-likeness (QED) is 0.871. The molecule has 3 heteroatoms. The molecule has 0 saturated carbocycles. The van der Waals surface area contributed by atoms with E-state index in [2.05, 4.69) is 32.0 Å². The first kappa shape index (κ1) is 15.6. The molecule has 0 spiro atoms. The molecule has 112 valence electrons. The summed E-state index contributed by atoms with van der Waals surface area (Å²) < 4.78 is 27.1. The summed E-state index contributed by atoms with van der Waals surface area (Å²) in [5.41, 5.74) is 9.98. The van der Waals surface area contributed by atoms with Gasteiger partial charge in [-0.25, -0.2) is 8.78 Å². The van der Waals surface area contributed by atoms with E-state index < -0.39 is 11.6 Å². The Morgan fingerprint density at radius 2 is 1.76 bits per heavy atom. The summed E-state index contributed by atoms with van der Waals surface area (Å²) in [4.78, 5) is 0. The molecule has 2 rings (SSSR count). The minimum absolute atomic E-state index is 0.295. The second kappa shape index (κ2) is 6.81. The third-order valence-electron chi connectivity index (χ3n) is 3.87. The van der Waals surface area contributed by atoms with E-state index in [1.807, 2.05) is 0 Å². The molecule has 0 aliphatic heterocycles. The van der Waals surface area contributed by atoms with Crippen LogP contribution in [0.15, 0.2) is 36.4 Å². The largest absolute Gasteiger partial charge is 0.324 e. The first-order chi connectivity index (χ1) is 10.1. The van der Waals surface area contributed by atoms with Gasteiger partial charge in [0.1, 0.15) is 0 Å². The van der Waals surface area contributed by atoms with Gasteiger partial charge in [-0.15, -0.1) is 0 Å². The molecule has 1 atom stereocenters. The van der Waals surface area contributed by atoms with Crippen molar-refractivity contribution in [2.45, 2.75) is 39.2 Å². The molecule has 2 aromatic rings. The number of hydrogen-bond acceptors (Lipinski definition) is 1. The maximum atomic E-state index is 13.8. The van der Waals surface area contributed by atoms with Crippen molar-refractivity contribution < 1.29 is 8.78 Å². The zero-order chi connectivity index (χ0) is 15.4. The van der Waals surface area contributed by atoms with E-state index in [4.69, 9.17) is 5.73 Å². The van der Waals surface area contributed by atoms with Crippen LogP contribution in [0.3, 0.4) is 0 Å². The minimum Gasteiger partial charge on any atom is -0.324 e. The van der Waals surface area contributed by atoms with E-state index in [-0.39, 0.29) is 6.04 Å². The van der Waals surface area contributed by atoms with Crippen molar-refractivity contribution in [2.24, 2.45) is 5.73 Å². The Morgan fingerprint density at radius 3 is 2.43 bits per heavy atom. The van der Waals surface area contributed by atoms with Crippen LogP contribution in [0.1, 0.15) is 42.1 Å². The molecule has 0 aromatic heterocycles. The summed E-state index contributed by atoms with van der Waals surface area (Å²) in [7, 11) is 0. The number of halogens is 2. The molecule has 2 N–H and O–H groups in total. The van der Waals surface area contributed by atoms with Crippen LogP contribution >= 0.6 is 0 Å². The Kier molecular flexibility index (Phi) is 5.07. The van der Waals surface area contributed by atoms with E-state index in [0.29, 0.717) is 12.0 Å². The molecule has 1 nitrogen and oxygen atoms in total. The van der Waals surface area contributed by atoms with Crippen LogP contribution in [0.4, 0.5) is 8.78 Å². The Bertz CT molecular complexity index is 623. The highest BCUT2D eigenvalue weighted by Gasteiger charge is 2.15. The van der Waals surface area contributed by atoms with Gasteiger partial charge in [-0.2, -0.15) is 0 Å². The van der Waals surface area contributed by atoms with E-state index in [9.17, 15) is 8.78 Å². The Balaban J connectivity index is 2.31. The van der Waals surface area contributed by atoms with E-state index in [1.54, 1.807) is 6.07 Å². The molecule has 21 heavy (non-hydrogen) atoms. The maximum Gasteiger partial charge on any atom is 0.162 e. The summed E-state index contributed by atoms with van der Waals surface area (Å²) in [6.07, 6.45) is 2.10. The molecule has 0 aliphatic rings. The fourth-order valence-corrected chi connectivity index (χ4v) is 2.58. The molecular formula is C18H21F2N. The fourth-order valence-electron chi connectivity index (χ4n) is 2.58. The third kappa shape index (κ3) is 3.48. The molecule has 2 aromatic carbocycles. The molecular weight excluding hydrogens is 268 g/mol. The lowest BCUT2D eigenvalue weighted by molar-refractivity contribution is 0.494. The number of aryl methyl sites for hydroxylation is 2. The SMILES string of the molecule is CCc1ccc(CC)c(C(N)Cc2cccc(F)c2F)c1. The van der Waals surface area contributed by atoms with Gasteiger partial charge in [0.05, 0.1) is 0 Å². The summed E-state index contributed by atoms with van der Waals surface area (Å²) >= 11 is 0. The summed E-state index contributed by atoms with van der Waals surface area (Å²) in [5, 5.41) is 0. The first-order valence-electron chi connectivity index (χ1n) is 7.37. The molecule has 0 heterocycles. The van der Waals surface area contributed by atoms with Gasteiger partial charge in [-0.3, -0.25) is 0 Å². The van der Waals surface area contributed by atoms with Gasteiger partial charge >= 0.3 is 0 Å². The number of hydrogen-bond donors (Lipinski definition) is 1. The standard InChI is InChI=1S/C18H21F2N/c1-3-12-8-9-13(4-2)15(10-12)17(21)11-14-6-5-7-16(19)18(14)20/h5-10,17H,3-4,11,21H2,1-2H3. The number of benzene rings is 2. The lowest BCUT2D eigenvalue weighted by Gasteiger charge is -2.18. The number of nitrogens with two attached hydrogens (primary N) is 1. The third-order valence-corrected chi connectivity index (χ3v) is 3.87. The van der Waals surface area contributed by atoms with Gasteiger partial charge in [0.15, 0.2) is 11.6 Å². The zero-order valence-corrected chi connectivity index (χ0v) is 12.5. The van der Waals surface area contributed by atoms with E-state index in [0.717, 1.165) is 30.0 Å². The summed E-state index contributed by atoms with van der Waals surface area (Å²) in [6.45, 7) is 4.16. The minimum atomic E-state index is -0.822. The van der Waals surface area contributed by atoms with Crippen LogP contribution < -0.4 is 5.73 Å². The molecule has 1 unspecified atom stereocenters. The lowest BCUT2D eigenvalue weighted by atomic mass is 9.92. The van der Waals surface area contributed by atoms with Crippen molar-refractivity contribution in [1.82, 2.24) is 0 Å². The molecule has 0 radical (unpaired) electrons. The van der Waals surface area contributed by atoms with Crippen LogP contribution in [0.5, 0.6) is 0 Å². The highest BCUT2D eigenvalue weighted by Crippen LogP contribution is 2.24. The summed E-state index contributed by atoms with van der Waals surface area (Å²) in [6, 6.07) is 10.2. The normalized spacial score (nSPS) is 12.4. The van der Waals surface area contributed by atoms with Crippen LogP contribution in [-0.2, 0) is 19.3 Å². The highest BCUT2D eigenvalue weighted by molar-refractivity contribution is 5.36. The first-order valence-corrected chi connectivity index (χ1v) is 7.37. The van der Waals surface area contributed by atoms with E-state index in [1.165, 1.54) is 11.6 Å². The van der Waals surface area contributed by atoms with Crippen molar-refractivity contribution in [1.29, 1.82) is 0 Å². The topological polar surface area (TPSA) is 26.0 Å². The van der Waals surface area contributed by atoms with Gasteiger partial charge in [-0.1, -0.05) is 44.2 Å². The van der Waals surface area contributed by atoms with Crippen molar-refractivity contribution in [3.63, 3.8) is 0 Å². The predicted octanol–water partition coefficient (Wildman–Crippen LogP) is 4.33. The molecule has 0 aliphatic carbocycles. The molecule has 0 fully saturated rings. The molecule has 0 bridgehead atoms. The second-order valence-electron chi connectivity index (χ2n) is 5.26. The van der Waals surface area contributed by atoms with Crippen LogP contribution in [-0.4, -0.2) is 0 Å². The smallest absolute Gasteiger partial charge is 0.162 e. The Labute approximate surface area is 124 Å². The van der Waals surface area contributed by atoms with Crippen molar-refractivity contribution >= 4 is 0 Å². The van der Waals surface area contributed by atoms with Crippen LogP contribution in [0.2, 0.25) is 0 Å². The molecule has 0 saturated heterocycles. The van der Waals surface area contributed by atoms with Gasteiger partial charge in [-0.05, 0) is 47.6 Å². The zero-order valence-electron chi connectivity index (χ0n) is 12.5. The van der Waals surface area contributed by atoms with Gasteiger partial charge in [0.2, 0.25) is 0 Å². The second-order valence-corrected chi connectivity index (χ2v) is 5.26. The van der Waals surface area contributed by atoms with Crippen LogP contribution in [0, 0.1) is 11.6 Å². The van der Waals surface area contributed by atoms with Gasteiger partial charge in [0.25, 0.3) is 0 Å². The average molecular weight is 289 g/mol. The maximum absolute atomic E-state index is 13.8. The van der Waals surface area contributed by atoms with Gasteiger partial charge < -0.3 is 5.73 Å². The van der Waals surface area contributed by atoms with Crippen LogP contribution in [0.25, 0.3) is 0 Å². The van der Waals surface area contributed by atoms with E-state index >= 15 is 0 Å². The monoisotopic (exact) mass is 289 g/mol. The molecule has 0 amide bonds. The average Bonchev–Trinajstić information content (AvgIpc) is 2.51. The van der Waals surface area contributed by atoms with Crippen molar-refractivity contribution in [3.8, 4) is 0 Å². The van der Waals surface area contributed by atoms with Gasteiger partial charge in [0, 0.05) is 6.04 Å². The number of rotatable bonds is 5. The predicted molar refractivity (Wildman–Crippen MR) is 82.2 cm³/mol. The van der Waals surface area contributed by atoms with Crippen molar-refractivity contribution in [3.05, 3.63) is 70.3 Å². The van der Waals surface area contributed by atoms with Crippen molar-refractivity contribution in [2.75, 3.05) is 0 Å². The Morgan fingerprint density at radius 1 is 1.00 bits per heavy atom. The summed E-state index contributed by atoms with van der Waals surface area (Å²) in [5.74, 6) is -1.62. The Hall–Kier alpha value is -1.74. The fraction of sp³-hybridized carbons (Fsp3) is 0.333.